The molecule has 0 saturated heterocycles. The number of halogens is 1. The molecule has 0 saturated carbocycles. The van der Waals surface area contributed by atoms with Crippen LogP contribution in [0.1, 0.15) is 12.6 Å². The van der Waals surface area contributed by atoms with Gasteiger partial charge in [-0.3, -0.25) is 0 Å². The van der Waals surface area contributed by atoms with Gasteiger partial charge in [0.05, 0.1) is 17.3 Å². The molecule has 0 spiro atoms. The highest BCUT2D eigenvalue weighted by molar-refractivity contribution is 5.80. The largest absolute Gasteiger partial charge is 0.491 e. The second-order valence-electron chi connectivity index (χ2n) is 4.27. The third-order valence-electron chi connectivity index (χ3n) is 2.80. The molecule has 0 aliphatic carbocycles. The fraction of sp³-hybridized carbons (Fsp3) is 0.357. The summed E-state index contributed by atoms with van der Waals surface area (Å²) in [6, 6.07) is 6.90. The molecule has 1 aromatic carbocycles. The van der Waals surface area contributed by atoms with E-state index in [1.54, 1.807) is 26.2 Å². The first-order valence-corrected chi connectivity index (χ1v) is 5.82. The van der Waals surface area contributed by atoms with Gasteiger partial charge in [0.15, 0.2) is 0 Å². The van der Waals surface area contributed by atoms with Crippen LogP contribution in [0.25, 0.3) is 10.9 Å². The van der Waals surface area contributed by atoms with Gasteiger partial charge in [-0.1, -0.05) is 0 Å². The standard InChI is InChI=1S/C14H16FNO2/c1-9(17-3)8-18-12-5-4-11-6-13(15)10(2)16-14(11)7-12/h4-7,9H,8H2,1-3H3. The Labute approximate surface area is 106 Å². The Morgan fingerprint density at radius 3 is 2.83 bits per heavy atom. The van der Waals surface area contributed by atoms with Gasteiger partial charge in [-0.15, -0.1) is 0 Å². The van der Waals surface area contributed by atoms with E-state index < -0.39 is 0 Å². The van der Waals surface area contributed by atoms with Crippen LogP contribution >= 0.6 is 0 Å². The lowest BCUT2D eigenvalue weighted by Gasteiger charge is -2.11. The summed E-state index contributed by atoms with van der Waals surface area (Å²) in [5, 5.41) is 0.769. The van der Waals surface area contributed by atoms with Gasteiger partial charge in [-0.05, 0) is 32.0 Å². The van der Waals surface area contributed by atoms with E-state index in [0.717, 1.165) is 10.9 Å². The Bertz CT molecular complexity index is 557. The molecular weight excluding hydrogens is 233 g/mol. The Kier molecular flexibility index (Phi) is 3.77. The molecule has 0 fully saturated rings. The predicted octanol–water partition coefficient (Wildman–Crippen LogP) is 3.10. The Hall–Kier alpha value is -1.68. The lowest BCUT2D eigenvalue weighted by molar-refractivity contribution is 0.0717. The van der Waals surface area contributed by atoms with Crippen LogP contribution in [0.2, 0.25) is 0 Å². The summed E-state index contributed by atoms with van der Waals surface area (Å²) < 4.78 is 24.0. The molecule has 3 nitrogen and oxygen atoms in total. The van der Waals surface area contributed by atoms with E-state index in [2.05, 4.69) is 4.98 Å². The molecule has 0 amide bonds. The van der Waals surface area contributed by atoms with E-state index in [4.69, 9.17) is 9.47 Å². The molecule has 96 valence electrons. The highest BCUT2D eigenvalue weighted by atomic mass is 19.1. The molecule has 2 rings (SSSR count). The summed E-state index contributed by atoms with van der Waals surface area (Å²) in [5.41, 5.74) is 1.13. The molecule has 0 aliphatic rings. The van der Waals surface area contributed by atoms with Crippen LogP contribution < -0.4 is 4.74 Å². The van der Waals surface area contributed by atoms with Gasteiger partial charge in [0.25, 0.3) is 0 Å². The highest BCUT2D eigenvalue weighted by Gasteiger charge is 2.05. The number of benzene rings is 1. The van der Waals surface area contributed by atoms with Gasteiger partial charge < -0.3 is 9.47 Å². The molecule has 0 bridgehead atoms. The smallest absolute Gasteiger partial charge is 0.145 e. The van der Waals surface area contributed by atoms with Crippen molar-refractivity contribution in [3.8, 4) is 5.75 Å². The summed E-state index contributed by atoms with van der Waals surface area (Å²) in [4.78, 5) is 4.20. The zero-order valence-corrected chi connectivity index (χ0v) is 10.7. The summed E-state index contributed by atoms with van der Waals surface area (Å²) in [6.07, 6.45) is 0.0311. The molecule has 18 heavy (non-hydrogen) atoms. The lowest BCUT2D eigenvalue weighted by Crippen LogP contribution is -2.15. The van der Waals surface area contributed by atoms with Gasteiger partial charge in [-0.2, -0.15) is 0 Å². The maximum absolute atomic E-state index is 13.3. The topological polar surface area (TPSA) is 31.4 Å². The number of fused-ring (bicyclic) bond motifs is 1. The van der Waals surface area contributed by atoms with Crippen LogP contribution in [-0.4, -0.2) is 24.8 Å². The van der Waals surface area contributed by atoms with Crippen LogP contribution in [0.3, 0.4) is 0 Å². The highest BCUT2D eigenvalue weighted by Crippen LogP contribution is 2.21. The molecular formula is C14H16FNO2. The molecule has 0 radical (unpaired) electrons. The van der Waals surface area contributed by atoms with Gasteiger partial charge in [0, 0.05) is 18.6 Å². The quantitative estimate of drug-likeness (QED) is 0.834. The normalized spacial score (nSPS) is 12.7. The number of rotatable bonds is 4. The number of aromatic nitrogens is 1. The van der Waals surface area contributed by atoms with E-state index in [1.165, 1.54) is 6.07 Å². The minimum absolute atomic E-state index is 0.0311. The SMILES string of the molecule is COC(C)COc1ccc2cc(F)c(C)nc2c1. The van der Waals surface area contributed by atoms with E-state index in [9.17, 15) is 4.39 Å². The Morgan fingerprint density at radius 1 is 1.33 bits per heavy atom. The maximum atomic E-state index is 13.3. The zero-order valence-electron chi connectivity index (χ0n) is 10.7. The van der Waals surface area contributed by atoms with Crippen molar-refractivity contribution in [3.05, 3.63) is 35.8 Å². The van der Waals surface area contributed by atoms with Crippen LogP contribution in [0.5, 0.6) is 5.75 Å². The molecule has 0 N–H and O–H groups in total. The number of aryl methyl sites for hydroxylation is 1. The van der Waals surface area contributed by atoms with Crippen molar-refractivity contribution in [3.63, 3.8) is 0 Å². The molecule has 2 aromatic rings. The number of methoxy groups -OCH3 is 1. The van der Waals surface area contributed by atoms with E-state index in [-0.39, 0.29) is 11.9 Å². The number of ether oxygens (including phenoxy) is 2. The maximum Gasteiger partial charge on any atom is 0.145 e. The average molecular weight is 249 g/mol. The summed E-state index contributed by atoms with van der Waals surface area (Å²) in [6.45, 7) is 4.05. The van der Waals surface area contributed by atoms with Crippen LogP contribution in [0.4, 0.5) is 4.39 Å². The van der Waals surface area contributed by atoms with Crippen molar-refractivity contribution in [2.24, 2.45) is 0 Å². The summed E-state index contributed by atoms with van der Waals surface area (Å²) in [7, 11) is 1.64. The van der Waals surface area contributed by atoms with Crippen molar-refractivity contribution in [1.29, 1.82) is 0 Å². The minimum atomic E-state index is -0.288. The van der Waals surface area contributed by atoms with Crippen molar-refractivity contribution in [2.75, 3.05) is 13.7 Å². The van der Waals surface area contributed by atoms with Gasteiger partial charge >= 0.3 is 0 Å². The second kappa shape index (κ2) is 5.31. The Balaban J connectivity index is 2.24. The number of nitrogens with zero attached hydrogens (tertiary/aromatic N) is 1. The summed E-state index contributed by atoms with van der Waals surface area (Å²) >= 11 is 0. The first-order valence-electron chi connectivity index (χ1n) is 5.82. The van der Waals surface area contributed by atoms with E-state index in [0.29, 0.717) is 18.1 Å². The molecule has 1 atom stereocenters. The van der Waals surface area contributed by atoms with Gasteiger partial charge in [-0.25, -0.2) is 9.37 Å². The van der Waals surface area contributed by atoms with Crippen molar-refractivity contribution in [2.45, 2.75) is 20.0 Å². The first-order chi connectivity index (χ1) is 8.60. The summed E-state index contributed by atoms with van der Waals surface area (Å²) in [5.74, 6) is 0.425. The van der Waals surface area contributed by atoms with Gasteiger partial charge in [0.2, 0.25) is 0 Å². The molecule has 1 aromatic heterocycles. The average Bonchev–Trinajstić information content (AvgIpc) is 2.37. The number of pyridine rings is 1. The molecule has 0 aliphatic heterocycles. The van der Waals surface area contributed by atoms with Crippen LogP contribution in [0.15, 0.2) is 24.3 Å². The fourth-order valence-corrected chi connectivity index (χ4v) is 1.59. The zero-order chi connectivity index (χ0) is 13.1. The monoisotopic (exact) mass is 249 g/mol. The lowest BCUT2D eigenvalue weighted by atomic mass is 10.2. The van der Waals surface area contributed by atoms with Crippen molar-refractivity contribution in [1.82, 2.24) is 4.98 Å². The minimum Gasteiger partial charge on any atom is -0.491 e. The van der Waals surface area contributed by atoms with Crippen molar-refractivity contribution >= 4 is 10.9 Å². The van der Waals surface area contributed by atoms with E-state index >= 15 is 0 Å². The van der Waals surface area contributed by atoms with Crippen molar-refractivity contribution < 1.29 is 13.9 Å². The Morgan fingerprint density at radius 2 is 2.11 bits per heavy atom. The molecule has 1 unspecified atom stereocenters. The first kappa shape index (κ1) is 12.8. The molecule has 1 heterocycles. The number of hydrogen-bond donors (Lipinski definition) is 0. The number of hydrogen-bond acceptors (Lipinski definition) is 3. The third-order valence-corrected chi connectivity index (χ3v) is 2.80. The molecule has 4 heteroatoms. The van der Waals surface area contributed by atoms with Crippen LogP contribution in [-0.2, 0) is 4.74 Å². The predicted molar refractivity (Wildman–Crippen MR) is 68.4 cm³/mol. The van der Waals surface area contributed by atoms with Crippen LogP contribution in [0, 0.1) is 12.7 Å². The van der Waals surface area contributed by atoms with E-state index in [1.807, 2.05) is 13.0 Å². The second-order valence-corrected chi connectivity index (χ2v) is 4.27. The fourth-order valence-electron chi connectivity index (χ4n) is 1.59. The third kappa shape index (κ3) is 2.76. The van der Waals surface area contributed by atoms with Gasteiger partial charge in [0.1, 0.15) is 18.2 Å².